The summed E-state index contributed by atoms with van der Waals surface area (Å²) in [5.74, 6) is -0.0990. The van der Waals surface area contributed by atoms with Crippen LogP contribution in [0.15, 0.2) is 48.6 Å². The van der Waals surface area contributed by atoms with Crippen molar-refractivity contribution in [3.05, 3.63) is 48.6 Å². The highest BCUT2D eigenvalue weighted by Crippen LogP contribution is 2.14. The van der Waals surface area contributed by atoms with Gasteiger partial charge in [-0.1, -0.05) is 184 Å². The van der Waals surface area contributed by atoms with Crippen LogP contribution in [0.5, 0.6) is 0 Å². The van der Waals surface area contributed by atoms with Crippen LogP contribution in [0, 0.1) is 0 Å². The van der Waals surface area contributed by atoms with Crippen LogP contribution in [0.1, 0.15) is 239 Å². The first-order chi connectivity index (χ1) is 28.0. The average Bonchev–Trinajstić information content (AvgIpc) is 3.21. The molecule has 0 aromatic carbocycles. The van der Waals surface area contributed by atoms with Crippen molar-refractivity contribution in [2.24, 2.45) is 0 Å². The number of hydrogen-bond donors (Lipinski definition) is 3. The monoisotopic (exact) mass is 800 g/mol. The van der Waals surface area contributed by atoms with Gasteiger partial charge in [-0.25, -0.2) is 0 Å². The average molecular weight is 800 g/mol. The van der Waals surface area contributed by atoms with Crippen LogP contribution < -0.4 is 5.32 Å². The summed E-state index contributed by atoms with van der Waals surface area (Å²) in [6, 6.07) is -0.557. The summed E-state index contributed by atoms with van der Waals surface area (Å²) in [6.45, 7) is 4.83. The number of aliphatic hydroxyl groups excluding tert-OH is 2. The molecule has 0 spiro atoms. The zero-order chi connectivity index (χ0) is 41.5. The Morgan fingerprint density at radius 1 is 0.509 bits per heavy atom. The summed E-state index contributed by atoms with van der Waals surface area (Å²) in [5, 5.41) is 23.0. The molecule has 0 rings (SSSR count). The molecule has 0 aliphatic rings. The van der Waals surface area contributed by atoms with Gasteiger partial charge in [-0.05, 0) is 89.9 Å². The van der Waals surface area contributed by atoms with E-state index in [2.05, 4.69) is 67.8 Å². The predicted octanol–water partition coefficient (Wildman–Crippen LogP) is 14.3. The number of aliphatic hydroxyl groups is 2. The molecule has 332 valence electrons. The zero-order valence-corrected chi connectivity index (χ0v) is 37.6. The number of allylic oxidation sites excluding steroid dienone is 8. The lowest BCUT2D eigenvalue weighted by atomic mass is 10.0. The molecule has 0 aromatic heterocycles. The van der Waals surface area contributed by atoms with Gasteiger partial charge in [0.15, 0.2) is 0 Å². The maximum Gasteiger partial charge on any atom is 0.305 e. The van der Waals surface area contributed by atoms with E-state index >= 15 is 0 Å². The van der Waals surface area contributed by atoms with Gasteiger partial charge in [0.25, 0.3) is 0 Å². The van der Waals surface area contributed by atoms with E-state index in [1.54, 1.807) is 0 Å². The summed E-state index contributed by atoms with van der Waals surface area (Å²) in [7, 11) is 0. The number of amides is 1. The van der Waals surface area contributed by atoms with Crippen LogP contribution >= 0.6 is 0 Å². The number of hydrogen-bond acceptors (Lipinski definition) is 5. The van der Waals surface area contributed by atoms with E-state index in [0.717, 1.165) is 89.9 Å². The first-order valence-corrected chi connectivity index (χ1v) is 24.4. The smallest absolute Gasteiger partial charge is 0.305 e. The third-order valence-corrected chi connectivity index (χ3v) is 10.9. The fourth-order valence-electron chi connectivity index (χ4n) is 7.07. The third kappa shape index (κ3) is 43.2. The van der Waals surface area contributed by atoms with Gasteiger partial charge >= 0.3 is 5.97 Å². The Morgan fingerprint density at radius 2 is 0.930 bits per heavy atom. The molecule has 0 aliphatic carbocycles. The van der Waals surface area contributed by atoms with Crippen molar-refractivity contribution in [1.29, 1.82) is 0 Å². The molecule has 6 heteroatoms. The fraction of sp³-hybridized carbons (Fsp3) is 0.804. The molecule has 0 radical (unpaired) electrons. The maximum absolute atomic E-state index is 12.4. The van der Waals surface area contributed by atoms with Crippen LogP contribution in [0.4, 0.5) is 0 Å². The van der Waals surface area contributed by atoms with Crippen LogP contribution in [0.25, 0.3) is 0 Å². The van der Waals surface area contributed by atoms with E-state index in [-0.39, 0.29) is 18.5 Å². The van der Waals surface area contributed by atoms with Gasteiger partial charge in [-0.3, -0.25) is 9.59 Å². The number of rotatable bonds is 44. The Hall–Kier alpha value is -2.18. The number of ether oxygens (including phenoxy) is 1. The van der Waals surface area contributed by atoms with Crippen molar-refractivity contribution in [2.75, 3.05) is 13.2 Å². The Bertz CT molecular complexity index is 973. The second kappa shape index (κ2) is 46.5. The Morgan fingerprint density at radius 3 is 1.46 bits per heavy atom. The van der Waals surface area contributed by atoms with Crippen molar-refractivity contribution in [3.8, 4) is 0 Å². The molecule has 3 N–H and O–H groups in total. The first-order valence-electron chi connectivity index (χ1n) is 24.4. The summed E-state index contributed by atoms with van der Waals surface area (Å²) in [5.41, 5.74) is 0. The van der Waals surface area contributed by atoms with Crippen LogP contribution in [-0.4, -0.2) is 47.4 Å². The van der Waals surface area contributed by atoms with E-state index in [1.807, 2.05) is 0 Å². The summed E-state index contributed by atoms with van der Waals surface area (Å²) < 4.78 is 5.43. The minimum atomic E-state index is -0.677. The van der Waals surface area contributed by atoms with Gasteiger partial charge in [0.2, 0.25) is 5.91 Å². The molecule has 0 saturated carbocycles. The lowest BCUT2D eigenvalue weighted by Crippen LogP contribution is -2.45. The largest absolute Gasteiger partial charge is 0.466 e. The molecule has 0 aromatic rings. The molecular formula is C51H93NO5. The van der Waals surface area contributed by atoms with E-state index < -0.39 is 12.1 Å². The topological polar surface area (TPSA) is 95.9 Å². The van der Waals surface area contributed by atoms with Crippen molar-refractivity contribution < 1.29 is 24.5 Å². The molecule has 2 atom stereocenters. The van der Waals surface area contributed by atoms with Gasteiger partial charge in [0.1, 0.15) is 0 Å². The van der Waals surface area contributed by atoms with Crippen molar-refractivity contribution in [3.63, 3.8) is 0 Å². The minimum absolute atomic E-state index is 0.0365. The molecule has 1 amide bonds. The molecule has 2 unspecified atom stereocenters. The van der Waals surface area contributed by atoms with Gasteiger partial charge in [-0.2, -0.15) is 0 Å². The second-order valence-electron chi connectivity index (χ2n) is 16.5. The first kappa shape index (κ1) is 54.8. The van der Waals surface area contributed by atoms with E-state index in [1.165, 1.54) is 116 Å². The summed E-state index contributed by atoms with van der Waals surface area (Å²) in [4.78, 5) is 24.4. The summed E-state index contributed by atoms with van der Waals surface area (Å²) in [6.07, 6.45) is 56.5. The van der Waals surface area contributed by atoms with Crippen LogP contribution in [-0.2, 0) is 14.3 Å². The lowest BCUT2D eigenvalue weighted by molar-refractivity contribution is -0.143. The van der Waals surface area contributed by atoms with Crippen molar-refractivity contribution in [1.82, 2.24) is 5.32 Å². The molecule has 0 fully saturated rings. The van der Waals surface area contributed by atoms with Gasteiger partial charge < -0.3 is 20.3 Å². The second-order valence-corrected chi connectivity index (χ2v) is 16.5. The third-order valence-electron chi connectivity index (χ3n) is 10.9. The zero-order valence-electron chi connectivity index (χ0n) is 37.6. The number of nitrogens with one attached hydrogen (secondary N) is 1. The molecule has 0 saturated heterocycles. The number of carbonyl (C=O) groups is 2. The normalized spacial score (nSPS) is 13.1. The van der Waals surface area contributed by atoms with Gasteiger partial charge in [0, 0.05) is 12.8 Å². The predicted molar refractivity (Wildman–Crippen MR) is 245 cm³/mol. The quantitative estimate of drug-likeness (QED) is 0.0247. The lowest BCUT2D eigenvalue weighted by Gasteiger charge is -2.22. The Balaban J connectivity index is 3.53. The highest BCUT2D eigenvalue weighted by molar-refractivity contribution is 5.76. The van der Waals surface area contributed by atoms with Crippen LogP contribution in [0.3, 0.4) is 0 Å². The standard InChI is InChI=1S/C51H93NO5/c1-3-5-7-9-11-13-14-15-16-19-22-25-29-33-37-41-45-51(56)57-46-42-38-34-30-26-23-20-17-18-21-24-28-32-36-40-44-50(55)52-48(47-53)49(54)43-39-35-31-27-12-10-8-6-4-2/h13-14,16-17,19-20,23,26,48-49,53-54H,3-12,15,18,21-22,24-25,27-47H2,1-2H3,(H,52,55)/b14-13-,19-16-,20-17-,26-23-. The van der Waals surface area contributed by atoms with Gasteiger partial charge in [0.05, 0.1) is 25.4 Å². The van der Waals surface area contributed by atoms with E-state index in [4.69, 9.17) is 4.74 Å². The van der Waals surface area contributed by atoms with Crippen molar-refractivity contribution in [2.45, 2.75) is 251 Å². The summed E-state index contributed by atoms with van der Waals surface area (Å²) >= 11 is 0. The molecular weight excluding hydrogens is 707 g/mol. The highest BCUT2D eigenvalue weighted by atomic mass is 16.5. The molecule has 57 heavy (non-hydrogen) atoms. The highest BCUT2D eigenvalue weighted by Gasteiger charge is 2.20. The molecule has 0 aliphatic heterocycles. The number of carbonyl (C=O) groups excluding carboxylic acids is 2. The fourth-order valence-corrected chi connectivity index (χ4v) is 7.07. The molecule has 0 heterocycles. The Labute approximate surface area is 353 Å². The van der Waals surface area contributed by atoms with E-state index in [9.17, 15) is 19.8 Å². The van der Waals surface area contributed by atoms with Gasteiger partial charge in [-0.15, -0.1) is 0 Å². The minimum Gasteiger partial charge on any atom is -0.466 e. The SMILES string of the molecule is CCCCCC/C=C\C/C=C\CCCCCCCC(=O)OCCCCC/C=C\C=C/CCCCCCCCC(=O)NC(CO)C(O)CCCCCCCCCCC. The van der Waals surface area contributed by atoms with E-state index in [0.29, 0.717) is 25.9 Å². The maximum atomic E-state index is 12.4. The number of unbranched alkanes of at least 4 members (excludes halogenated alkanes) is 26. The number of esters is 1. The van der Waals surface area contributed by atoms with Crippen LogP contribution in [0.2, 0.25) is 0 Å². The van der Waals surface area contributed by atoms with Crippen molar-refractivity contribution >= 4 is 11.9 Å². The molecule has 0 bridgehead atoms. The molecule has 6 nitrogen and oxygen atoms in total. The Kier molecular flexibility index (Phi) is 44.7.